The second-order valence-corrected chi connectivity index (χ2v) is 11.2. The lowest BCUT2D eigenvalue weighted by Gasteiger charge is -2.57. The Balaban J connectivity index is 1.63. The smallest absolute Gasteiger partial charge is 0.348 e. The van der Waals surface area contributed by atoms with Crippen molar-refractivity contribution in [3.8, 4) is 0 Å². The van der Waals surface area contributed by atoms with Gasteiger partial charge in [-0.3, -0.25) is 0 Å². The van der Waals surface area contributed by atoms with Crippen molar-refractivity contribution in [2.24, 2.45) is 28.6 Å². The molecule has 2 unspecified atom stereocenters. The molecule has 5 aliphatic rings. The van der Waals surface area contributed by atoms with Crippen LogP contribution in [0.1, 0.15) is 47.5 Å². The van der Waals surface area contributed by atoms with E-state index in [0.29, 0.717) is 5.57 Å². The molecule has 0 aromatic heterocycles. The molecule has 3 N–H and O–H groups in total. The van der Waals surface area contributed by atoms with E-state index in [1.54, 1.807) is 20.8 Å². The van der Waals surface area contributed by atoms with E-state index in [1.165, 1.54) is 13.0 Å². The van der Waals surface area contributed by atoms with Gasteiger partial charge in [0.1, 0.15) is 18.3 Å². The Labute approximate surface area is 197 Å². The molecule has 0 aromatic rings. The molecule has 10 heteroatoms. The summed E-state index contributed by atoms with van der Waals surface area (Å²) in [6.45, 7) is 8.17. The number of ether oxygens (including phenoxy) is 4. The third-order valence-electron chi connectivity index (χ3n) is 9.27. The molecular formula is C24H32O10. The molecule has 5 rings (SSSR count). The molecular weight excluding hydrogens is 448 g/mol. The third kappa shape index (κ3) is 2.68. The summed E-state index contributed by atoms with van der Waals surface area (Å²) in [5.41, 5.74) is -3.06. The summed E-state index contributed by atoms with van der Waals surface area (Å²) in [6, 6.07) is 0. The van der Waals surface area contributed by atoms with E-state index in [-0.39, 0.29) is 19.4 Å². The lowest BCUT2D eigenvalue weighted by molar-refractivity contribution is -0.305. The predicted molar refractivity (Wildman–Crippen MR) is 113 cm³/mol. The van der Waals surface area contributed by atoms with Gasteiger partial charge in [-0.25, -0.2) is 14.4 Å². The van der Waals surface area contributed by atoms with E-state index in [1.807, 2.05) is 6.92 Å². The van der Waals surface area contributed by atoms with Gasteiger partial charge in [0.05, 0.1) is 6.61 Å². The normalized spacial score (nSPS) is 50.7. The molecule has 188 valence electrons. The van der Waals surface area contributed by atoms with E-state index in [2.05, 4.69) is 0 Å². The highest BCUT2D eigenvalue weighted by atomic mass is 16.7. The molecule has 10 nitrogen and oxygen atoms in total. The van der Waals surface area contributed by atoms with Gasteiger partial charge in [0.25, 0.3) is 0 Å². The highest BCUT2D eigenvalue weighted by molar-refractivity contribution is 5.86. The van der Waals surface area contributed by atoms with Gasteiger partial charge in [0.15, 0.2) is 11.4 Å². The van der Waals surface area contributed by atoms with Crippen LogP contribution in [0.2, 0.25) is 0 Å². The molecule has 11 atom stereocenters. The van der Waals surface area contributed by atoms with Crippen molar-refractivity contribution >= 4 is 17.9 Å². The van der Waals surface area contributed by atoms with E-state index < -0.39 is 82.3 Å². The fourth-order valence-electron chi connectivity index (χ4n) is 7.68. The summed E-state index contributed by atoms with van der Waals surface area (Å²) in [7, 11) is 0. The average Bonchev–Trinajstić information content (AvgIpc) is 3.35. The van der Waals surface area contributed by atoms with E-state index in [0.717, 1.165) is 0 Å². The number of aliphatic hydroxyl groups excluding tert-OH is 1. The van der Waals surface area contributed by atoms with Gasteiger partial charge < -0.3 is 34.3 Å². The Morgan fingerprint density at radius 2 is 2.00 bits per heavy atom. The summed E-state index contributed by atoms with van der Waals surface area (Å²) in [5, 5.41) is 33.4. The molecule has 0 aromatic carbocycles. The third-order valence-corrected chi connectivity index (χ3v) is 9.27. The molecule has 0 amide bonds. The zero-order chi connectivity index (χ0) is 25.0. The maximum absolute atomic E-state index is 13.2. The lowest BCUT2D eigenvalue weighted by atomic mass is 9.50. The van der Waals surface area contributed by atoms with Gasteiger partial charge in [0.2, 0.25) is 6.10 Å². The number of cyclic esters (lactones) is 1. The fraction of sp³-hybridized carbons (Fsp3) is 0.792. The van der Waals surface area contributed by atoms with Gasteiger partial charge in [-0.05, 0) is 38.2 Å². The average molecular weight is 481 g/mol. The zero-order valence-electron chi connectivity index (χ0n) is 19.9. The standard InChI is InChI=1S/C24H32O10/c1-6-22(5,29)20(28)34-15-14-11(3)16(26)24(30)19-21(4,17-10(2)7-13(25)33-17)8-12(32-18(15)27)23(14,19)9-31-24/h7,11-12,14-17,19,26,29-30H,6,8-9H2,1-5H3/t11-,12-,14-,15-,16-,17+,19-,21-,22?,23?,24+/m1/s1. The van der Waals surface area contributed by atoms with Crippen LogP contribution in [0.5, 0.6) is 0 Å². The molecule has 2 saturated carbocycles. The topological polar surface area (TPSA) is 149 Å². The van der Waals surface area contributed by atoms with Crippen LogP contribution in [0.4, 0.5) is 0 Å². The second-order valence-electron chi connectivity index (χ2n) is 11.2. The van der Waals surface area contributed by atoms with Gasteiger partial charge in [-0.1, -0.05) is 20.8 Å². The van der Waals surface area contributed by atoms with Gasteiger partial charge in [0, 0.05) is 28.7 Å². The van der Waals surface area contributed by atoms with Crippen molar-refractivity contribution < 1.29 is 48.7 Å². The van der Waals surface area contributed by atoms with Crippen LogP contribution < -0.4 is 0 Å². The first-order valence-corrected chi connectivity index (χ1v) is 11.8. The highest BCUT2D eigenvalue weighted by Gasteiger charge is 2.84. The number of hydrogen-bond acceptors (Lipinski definition) is 10. The number of carbonyl (C=O) groups excluding carboxylic acids is 3. The largest absolute Gasteiger partial charge is 0.459 e. The van der Waals surface area contributed by atoms with Crippen LogP contribution in [0.25, 0.3) is 0 Å². The fourth-order valence-corrected chi connectivity index (χ4v) is 7.68. The molecule has 2 saturated heterocycles. The monoisotopic (exact) mass is 480 g/mol. The number of carbonyl (C=O) groups is 3. The van der Waals surface area contributed by atoms with Crippen LogP contribution >= 0.6 is 0 Å². The Kier molecular flexibility index (Phi) is 4.90. The summed E-state index contributed by atoms with van der Waals surface area (Å²) in [5.74, 6) is -6.43. The van der Waals surface area contributed by atoms with Crippen LogP contribution in [0, 0.1) is 28.6 Å². The van der Waals surface area contributed by atoms with Gasteiger partial charge >= 0.3 is 17.9 Å². The molecule has 1 spiro atoms. The molecule has 3 heterocycles. The summed E-state index contributed by atoms with van der Waals surface area (Å²) in [6.07, 6.45) is -2.49. The molecule has 4 fully saturated rings. The van der Waals surface area contributed by atoms with Crippen molar-refractivity contribution in [3.63, 3.8) is 0 Å². The summed E-state index contributed by atoms with van der Waals surface area (Å²) in [4.78, 5) is 38.0. The number of hydrogen-bond donors (Lipinski definition) is 3. The van der Waals surface area contributed by atoms with Crippen molar-refractivity contribution in [1.82, 2.24) is 0 Å². The van der Waals surface area contributed by atoms with Crippen molar-refractivity contribution in [1.29, 1.82) is 0 Å². The molecule has 3 aliphatic heterocycles. The van der Waals surface area contributed by atoms with Gasteiger partial charge in [-0.2, -0.15) is 0 Å². The molecule has 34 heavy (non-hydrogen) atoms. The number of rotatable bonds is 4. The Hall–Kier alpha value is -2.01. The second kappa shape index (κ2) is 7.02. The minimum absolute atomic E-state index is 0.0323. The minimum Gasteiger partial charge on any atom is -0.459 e. The number of aliphatic hydroxyl groups is 3. The Bertz CT molecular complexity index is 988. The van der Waals surface area contributed by atoms with E-state index >= 15 is 0 Å². The molecule has 2 aliphatic carbocycles. The lowest BCUT2D eigenvalue weighted by Crippen LogP contribution is -2.70. The quantitative estimate of drug-likeness (QED) is 0.377. The van der Waals surface area contributed by atoms with Gasteiger partial charge in [-0.15, -0.1) is 0 Å². The van der Waals surface area contributed by atoms with Crippen LogP contribution in [0.3, 0.4) is 0 Å². The summed E-state index contributed by atoms with van der Waals surface area (Å²) < 4.78 is 22.9. The maximum Gasteiger partial charge on any atom is 0.348 e. The van der Waals surface area contributed by atoms with Crippen LogP contribution in [0.15, 0.2) is 11.6 Å². The SMILES string of the molecule is CCC(C)(O)C(=O)O[C@H]1C(=O)O[C@@H]2C[C@](C)([C@H]3OC(=O)C=C3C)[C@@H]3C24CO[C@@]3(O)[C@H](O)[C@H](C)[C@H]14. The first-order chi connectivity index (χ1) is 15.7. The van der Waals surface area contributed by atoms with Crippen LogP contribution in [-0.2, 0) is 33.3 Å². The van der Waals surface area contributed by atoms with Crippen molar-refractivity contribution in [2.75, 3.05) is 6.61 Å². The number of esters is 3. The minimum atomic E-state index is -1.97. The van der Waals surface area contributed by atoms with Crippen LogP contribution in [-0.4, -0.2) is 75.6 Å². The predicted octanol–water partition coefficient (Wildman–Crippen LogP) is 0.215. The zero-order valence-corrected chi connectivity index (χ0v) is 19.9. The van der Waals surface area contributed by atoms with E-state index in [4.69, 9.17) is 18.9 Å². The summed E-state index contributed by atoms with van der Waals surface area (Å²) >= 11 is 0. The Morgan fingerprint density at radius 3 is 2.59 bits per heavy atom. The molecule has 2 bridgehead atoms. The van der Waals surface area contributed by atoms with Crippen molar-refractivity contribution in [3.05, 3.63) is 11.6 Å². The van der Waals surface area contributed by atoms with Crippen molar-refractivity contribution in [2.45, 2.75) is 83.3 Å². The van der Waals surface area contributed by atoms with E-state index in [9.17, 15) is 29.7 Å². The Morgan fingerprint density at radius 1 is 1.32 bits per heavy atom. The highest BCUT2D eigenvalue weighted by Crippen LogP contribution is 2.74. The first-order valence-electron chi connectivity index (χ1n) is 11.8. The first kappa shape index (κ1) is 23.7. The maximum atomic E-state index is 13.2. The molecule has 0 radical (unpaired) electrons.